The van der Waals surface area contributed by atoms with E-state index in [1.54, 1.807) is 0 Å². The lowest BCUT2D eigenvalue weighted by molar-refractivity contribution is 0.324. The number of benzene rings is 1. The highest BCUT2D eigenvalue weighted by Gasteiger charge is 2.02. The topological polar surface area (TPSA) is 54.2 Å². The summed E-state index contributed by atoms with van der Waals surface area (Å²) in [5, 5.41) is 6.85. The fourth-order valence-corrected chi connectivity index (χ4v) is 1.89. The van der Waals surface area contributed by atoms with Gasteiger partial charge in [-0.1, -0.05) is 35.5 Å². The van der Waals surface area contributed by atoms with Gasteiger partial charge in [0.05, 0.1) is 0 Å². The molecular formula is C14H20N4O. The summed E-state index contributed by atoms with van der Waals surface area (Å²) in [6, 6.07) is 11.0. The van der Waals surface area contributed by atoms with E-state index in [4.69, 9.17) is 4.52 Å². The maximum atomic E-state index is 4.98. The van der Waals surface area contributed by atoms with E-state index in [1.165, 1.54) is 5.56 Å². The van der Waals surface area contributed by atoms with E-state index in [0.29, 0.717) is 11.8 Å². The van der Waals surface area contributed by atoms with Crippen molar-refractivity contribution in [3.8, 4) is 0 Å². The standard InChI is InChI=1S/C14H20N4O/c1-12-16-14(19-17-12)15-9-6-10-18(2)11-13-7-4-3-5-8-13/h3-5,7-8H,6,9-11H2,1-2H3,(H,15,16,17). The highest BCUT2D eigenvalue weighted by molar-refractivity contribution is 5.17. The van der Waals surface area contributed by atoms with Crippen molar-refractivity contribution in [3.05, 3.63) is 41.7 Å². The zero-order chi connectivity index (χ0) is 13.5. The Bertz CT molecular complexity index is 483. The van der Waals surface area contributed by atoms with Crippen molar-refractivity contribution < 1.29 is 4.52 Å². The number of nitrogens with zero attached hydrogens (tertiary/aromatic N) is 3. The SMILES string of the molecule is Cc1noc(NCCCN(C)Cc2ccccc2)n1. The second-order valence-corrected chi connectivity index (χ2v) is 4.65. The summed E-state index contributed by atoms with van der Waals surface area (Å²) in [6.45, 7) is 4.64. The fourth-order valence-electron chi connectivity index (χ4n) is 1.89. The van der Waals surface area contributed by atoms with Crippen LogP contribution >= 0.6 is 0 Å². The molecule has 0 atom stereocenters. The normalized spacial score (nSPS) is 10.9. The molecule has 0 fully saturated rings. The van der Waals surface area contributed by atoms with Crippen molar-refractivity contribution in [2.45, 2.75) is 19.9 Å². The summed E-state index contributed by atoms with van der Waals surface area (Å²) in [6.07, 6.45) is 1.03. The smallest absolute Gasteiger partial charge is 0.321 e. The van der Waals surface area contributed by atoms with Crippen LogP contribution in [0.5, 0.6) is 0 Å². The van der Waals surface area contributed by atoms with E-state index in [1.807, 2.05) is 13.0 Å². The third-order valence-electron chi connectivity index (χ3n) is 2.82. The van der Waals surface area contributed by atoms with Crippen molar-refractivity contribution >= 4 is 6.01 Å². The van der Waals surface area contributed by atoms with Gasteiger partial charge in [0.15, 0.2) is 5.82 Å². The molecule has 0 amide bonds. The number of anilines is 1. The molecule has 0 aliphatic heterocycles. The van der Waals surface area contributed by atoms with Crippen LogP contribution in [-0.2, 0) is 6.54 Å². The minimum Gasteiger partial charge on any atom is -0.338 e. The van der Waals surface area contributed by atoms with Crippen molar-refractivity contribution in [2.75, 3.05) is 25.5 Å². The zero-order valence-corrected chi connectivity index (χ0v) is 11.5. The van der Waals surface area contributed by atoms with Gasteiger partial charge in [0.25, 0.3) is 0 Å². The molecule has 102 valence electrons. The van der Waals surface area contributed by atoms with E-state index >= 15 is 0 Å². The predicted octanol–water partition coefficient (Wildman–Crippen LogP) is 2.31. The van der Waals surface area contributed by atoms with Crippen LogP contribution in [0.1, 0.15) is 17.8 Å². The molecule has 1 heterocycles. The van der Waals surface area contributed by atoms with Crippen molar-refractivity contribution in [1.29, 1.82) is 0 Å². The Balaban J connectivity index is 1.63. The van der Waals surface area contributed by atoms with Gasteiger partial charge in [-0.15, -0.1) is 0 Å². The summed E-state index contributed by atoms with van der Waals surface area (Å²) in [7, 11) is 2.13. The van der Waals surface area contributed by atoms with Gasteiger partial charge in [-0.25, -0.2) is 0 Å². The average molecular weight is 260 g/mol. The van der Waals surface area contributed by atoms with Crippen LogP contribution in [0.3, 0.4) is 0 Å². The van der Waals surface area contributed by atoms with Gasteiger partial charge in [-0.2, -0.15) is 4.98 Å². The molecule has 0 aliphatic carbocycles. The first kappa shape index (κ1) is 13.5. The van der Waals surface area contributed by atoms with Crippen molar-refractivity contribution in [1.82, 2.24) is 15.0 Å². The number of hydrogen-bond donors (Lipinski definition) is 1. The molecule has 0 aliphatic rings. The number of aryl methyl sites for hydroxylation is 1. The molecule has 1 aromatic heterocycles. The molecule has 5 heteroatoms. The Labute approximate surface area is 113 Å². The molecular weight excluding hydrogens is 240 g/mol. The Morgan fingerprint density at radius 1 is 1.26 bits per heavy atom. The summed E-state index contributed by atoms with van der Waals surface area (Å²) in [5.74, 6) is 0.656. The zero-order valence-electron chi connectivity index (χ0n) is 11.5. The number of aromatic nitrogens is 2. The first-order valence-corrected chi connectivity index (χ1v) is 6.50. The maximum absolute atomic E-state index is 4.98. The summed E-state index contributed by atoms with van der Waals surface area (Å²) in [4.78, 5) is 6.39. The lowest BCUT2D eigenvalue weighted by Gasteiger charge is -2.16. The molecule has 2 aromatic rings. The van der Waals surface area contributed by atoms with Crippen molar-refractivity contribution in [3.63, 3.8) is 0 Å². The molecule has 0 bridgehead atoms. The van der Waals surface area contributed by atoms with Crippen LogP contribution in [-0.4, -0.2) is 35.2 Å². The number of hydrogen-bond acceptors (Lipinski definition) is 5. The monoisotopic (exact) mass is 260 g/mol. The Hall–Kier alpha value is -1.88. The van der Waals surface area contributed by atoms with Crippen LogP contribution in [0, 0.1) is 6.92 Å². The largest absolute Gasteiger partial charge is 0.338 e. The Kier molecular flexibility index (Phi) is 4.92. The van der Waals surface area contributed by atoms with Gasteiger partial charge in [0.1, 0.15) is 0 Å². The van der Waals surface area contributed by atoms with Crippen LogP contribution in [0.25, 0.3) is 0 Å². The third kappa shape index (κ3) is 4.71. The van der Waals surface area contributed by atoms with Crippen LogP contribution in [0.4, 0.5) is 6.01 Å². The molecule has 0 spiro atoms. The first-order valence-electron chi connectivity index (χ1n) is 6.50. The van der Waals surface area contributed by atoms with Gasteiger partial charge >= 0.3 is 6.01 Å². The fraction of sp³-hybridized carbons (Fsp3) is 0.429. The van der Waals surface area contributed by atoms with E-state index in [0.717, 1.165) is 26.1 Å². The highest BCUT2D eigenvalue weighted by atomic mass is 16.5. The lowest BCUT2D eigenvalue weighted by atomic mass is 10.2. The summed E-state index contributed by atoms with van der Waals surface area (Å²) < 4.78 is 4.98. The lowest BCUT2D eigenvalue weighted by Crippen LogP contribution is -2.21. The van der Waals surface area contributed by atoms with E-state index < -0.39 is 0 Å². The summed E-state index contributed by atoms with van der Waals surface area (Å²) >= 11 is 0. The second-order valence-electron chi connectivity index (χ2n) is 4.65. The van der Waals surface area contributed by atoms with E-state index in [9.17, 15) is 0 Å². The van der Waals surface area contributed by atoms with Gasteiger partial charge in [0.2, 0.25) is 0 Å². The summed E-state index contributed by atoms with van der Waals surface area (Å²) in [5.41, 5.74) is 1.34. The molecule has 1 N–H and O–H groups in total. The molecule has 0 saturated carbocycles. The second kappa shape index (κ2) is 6.89. The third-order valence-corrected chi connectivity index (χ3v) is 2.82. The maximum Gasteiger partial charge on any atom is 0.321 e. The number of rotatable bonds is 7. The molecule has 1 aromatic carbocycles. The van der Waals surface area contributed by atoms with Gasteiger partial charge in [-0.3, -0.25) is 0 Å². The van der Waals surface area contributed by atoms with Crippen LogP contribution < -0.4 is 5.32 Å². The van der Waals surface area contributed by atoms with E-state index in [2.05, 4.69) is 51.7 Å². The van der Waals surface area contributed by atoms with Crippen LogP contribution in [0.15, 0.2) is 34.9 Å². The van der Waals surface area contributed by atoms with Gasteiger partial charge < -0.3 is 14.7 Å². The van der Waals surface area contributed by atoms with E-state index in [-0.39, 0.29) is 0 Å². The molecule has 5 nitrogen and oxygen atoms in total. The predicted molar refractivity (Wildman–Crippen MR) is 74.9 cm³/mol. The minimum atomic E-state index is 0.503. The quantitative estimate of drug-likeness (QED) is 0.774. The average Bonchev–Trinajstić information content (AvgIpc) is 2.82. The molecule has 0 radical (unpaired) electrons. The number of nitrogens with one attached hydrogen (secondary N) is 1. The Morgan fingerprint density at radius 2 is 2.05 bits per heavy atom. The molecule has 0 saturated heterocycles. The first-order chi connectivity index (χ1) is 9.24. The van der Waals surface area contributed by atoms with Crippen LogP contribution in [0.2, 0.25) is 0 Å². The van der Waals surface area contributed by atoms with Gasteiger partial charge in [0, 0.05) is 13.1 Å². The minimum absolute atomic E-state index is 0.503. The molecule has 19 heavy (non-hydrogen) atoms. The molecule has 2 rings (SSSR count). The van der Waals surface area contributed by atoms with Gasteiger partial charge in [-0.05, 0) is 32.5 Å². The molecule has 0 unspecified atom stereocenters. The highest BCUT2D eigenvalue weighted by Crippen LogP contribution is 2.04. The van der Waals surface area contributed by atoms with Crippen molar-refractivity contribution in [2.24, 2.45) is 0 Å². The Morgan fingerprint density at radius 3 is 2.74 bits per heavy atom.